The molecule has 1 fully saturated rings. The number of ether oxygens (including phenoxy) is 2. The van der Waals surface area contributed by atoms with Crippen molar-refractivity contribution in [2.24, 2.45) is 0 Å². The molecular weight excluding hydrogens is 1020 g/mol. The smallest absolute Gasteiger partial charge is 0.220 e. The van der Waals surface area contributed by atoms with Crippen LogP contribution in [0.1, 0.15) is 290 Å². The van der Waals surface area contributed by atoms with Gasteiger partial charge in [0.05, 0.1) is 25.4 Å². The molecule has 472 valence electrons. The molecule has 0 bridgehead atoms. The van der Waals surface area contributed by atoms with E-state index in [2.05, 4.69) is 116 Å². The maximum absolute atomic E-state index is 13.1. The lowest BCUT2D eigenvalue weighted by Crippen LogP contribution is -2.60. The predicted molar refractivity (Wildman–Crippen MR) is 350 cm³/mol. The molecular formula is C73H127NO8. The van der Waals surface area contributed by atoms with Crippen LogP contribution in [0, 0.1) is 0 Å². The van der Waals surface area contributed by atoms with Crippen molar-refractivity contribution in [3.05, 3.63) is 109 Å². The van der Waals surface area contributed by atoms with Crippen LogP contribution in [0.3, 0.4) is 0 Å². The second-order valence-electron chi connectivity index (χ2n) is 23.2. The van der Waals surface area contributed by atoms with Crippen LogP contribution in [0.15, 0.2) is 109 Å². The fourth-order valence-corrected chi connectivity index (χ4v) is 10.3. The zero-order chi connectivity index (χ0) is 59.3. The normalized spacial score (nSPS) is 19.0. The summed E-state index contributed by atoms with van der Waals surface area (Å²) < 4.78 is 11.3. The van der Waals surface area contributed by atoms with Crippen molar-refractivity contribution in [2.75, 3.05) is 13.2 Å². The molecule has 0 saturated carbocycles. The van der Waals surface area contributed by atoms with E-state index in [0.717, 1.165) is 103 Å². The molecule has 9 heteroatoms. The van der Waals surface area contributed by atoms with Gasteiger partial charge in [0.2, 0.25) is 5.91 Å². The van der Waals surface area contributed by atoms with Crippen molar-refractivity contribution in [3.8, 4) is 0 Å². The summed E-state index contributed by atoms with van der Waals surface area (Å²) in [6, 6.07) is -0.819. The van der Waals surface area contributed by atoms with Crippen LogP contribution in [0.4, 0.5) is 0 Å². The first-order valence-corrected chi connectivity index (χ1v) is 34.1. The largest absolute Gasteiger partial charge is 0.394 e. The second-order valence-corrected chi connectivity index (χ2v) is 23.2. The number of amides is 1. The van der Waals surface area contributed by atoms with Crippen molar-refractivity contribution in [3.63, 3.8) is 0 Å². The number of carbonyl (C=O) groups excluding carboxylic acids is 1. The first kappa shape index (κ1) is 76.9. The monoisotopic (exact) mass is 1150 g/mol. The number of aliphatic hydroxyl groups excluding tert-OH is 5. The molecule has 9 nitrogen and oxygen atoms in total. The summed E-state index contributed by atoms with van der Waals surface area (Å²) in [5.74, 6) is -0.187. The average Bonchev–Trinajstić information content (AvgIpc) is 3.57. The van der Waals surface area contributed by atoms with Gasteiger partial charge < -0.3 is 40.3 Å². The van der Waals surface area contributed by atoms with Gasteiger partial charge in [0.1, 0.15) is 24.4 Å². The standard InChI is InChI=1S/C73H127NO8/c1-3-5-7-9-11-13-15-17-19-21-23-25-27-29-31-32-33-34-35-36-37-39-41-43-45-47-49-51-53-55-57-59-61-63-69(77)74-66(65-81-73-72(80)71(79)70(78)68(64-75)82-73)67(76)62-60-58-56-54-52-50-48-46-44-42-40-38-30-28-26-24-22-20-18-16-14-12-10-8-6-4-2/h5,7,11,13,17,19,23,25,29,31,33-34,36-37,41,43,60,62,66-68,70-73,75-76,78-80H,3-4,6,8-10,12,14-16,18,20-22,24,26-28,30,32,35,38-40,42,44-59,61,63-65H2,1-2H3,(H,74,77)/b7-5-,13-11-,19-17-,25-23-,31-29-,34-33-,37-36-,43-41-,62-60+. The molecule has 0 spiro atoms. The van der Waals surface area contributed by atoms with Crippen molar-refractivity contribution < 1.29 is 39.8 Å². The third-order valence-corrected chi connectivity index (χ3v) is 15.6. The minimum absolute atomic E-state index is 0.187. The van der Waals surface area contributed by atoms with Crippen LogP contribution >= 0.6 is 0 Å². The highest BCUT2D eigenvalue weighted by Crippen LogP contribution is 2.23. The topological polar surface area (TPSA) is 149 Å². The van der Waals surface area contributed by atoms with Crippen LogP contribution in [0.25, 0.3) is 0 Å². The van der Waals surface area contributed by atoms with Crippen LogP contribution < -0.4 is 5.32 Å². The predicted octanol–water partition coefficient (Wildman–Crippen LogP) is 18.5. The maximum Gasteiger partial charge on any atom is 0.220 e. The van der Waals surface area contributed by atoms with Gasteiger partial charge in [0, 0.05) is 6.42 Å². The van der Waals surface area contributed by atoms with Gasteiger partial charge in [-0.1, -0.05) is 309 Å². The number of allylic oxidation sites excluding steroid dienone is 17. The van der Waals surface area contributed by atoms with Gasteiger partial charge in [0.15, 0.2) is 6.29 Å². The number of carbonyl (C=O) groups is 1. The number of rotatable bonds is 58. The summed E-state index contributed by atoms with van der Waals surface area (Å²) in [6.07, 6.45) is 83.1. The Morgan fingerprint density at radius 1 is 0.427 bits per heavy atom. The molecule has 0 aromatic rings. The average molecular weight is 1150 g/mol. The van der Waals surface area contributed by atoms with Crippen molar-refractivity contribution in [1.29, 1.82) is 0 Å². The summed E-state index contributed by atoms with van der Waals surface area (Å²) in [5, 5.41) is 54.7. The van der Waals surface area contributed by atoms with E-state index in [9.17, 15) is 30.3 Å². The first-order chi connectivity index (χ1) is 40.3. The van der Waals surface area contributed by atoms with Gasteiger partial charge in [-0.15, -0.1) is 0 Å². The molecule has 1 aliphatic heterocycles. The lowest BCUT2D eigenvalue weighted by molar-refractivity contribution is -0.302. The molecule has 0 aromatic heterocycles. The Labute approximate surface area is 504 Å². The number of aliphatic hydroxyl groups is 5. The van der Waals surface area contributed by atoms with Crippen LogP contribution in [0.2, 0.25) is 0 Å². The lowest BCUT2D eigenvalue weighted by Gasteiger charge is -2.40. The van der Waals surface area contributed by atoms with E-state index < -0.39 is 49.5 Å². The molecule has 1 rings (SSSR count). The number of hydrogen-bond acceptors (Lipinski definition) is 8. The summed E-state index contributed by atoms with van der Waals surface area (Å²) in [7, 11) is 0. The highest BCUT2D eigenvalue weighted by atomic mass is 16.7. The Bertz CT molecular complexity index is 1660. The van der Waals surface area contributed by atoms with Crippen LogP contribution in [-0.2, 0) is 14.3 Å². The van der Waals surface area contributed by atoms with Crippen molar-refractivity contribution >= 4 is 5.91 Å². The molecule has 1 saturated heterocycles. The van der Waals surface area contributed by atoms with E-state index in [4.69, 9.17) is 9.47 Å². The zero-order valence-corrected chi connectivity index (χ0v) is 52.7. The Balaban J connectivity index is 2.18. The molecule has 0 aliphatic carbocycles. The van der Waals surface area contributed by atoms with Crippen molar-refractivity contribution in [1.82, 2.24) is 5.32 Å². The molecule has 7 atom stereocenters. The lowest BCUT2D eigenvalue weighted by atomic mass is 9.99. The molecule has 0 radical (unpaired) electrons. The van der Waals surface area contributed by atoms with Gasteiger partial charge in [0.25, 0.3) is 0 Å². The minimum Gasteiger partial charge on any atom is -0.394 e. The molecule has 6 N–H and O–H groups in total. The van der Waals surface area contributed by atoms with Gasteiger partial charge in [-0.25, -0.2) is 0 Å². The van der Waals surface area contributed by atoms with E-state index in [1.807, 2.05) is 6.08 Å². The van der Waals surface area contributed by atoms with E-state index in [-0.39, 0.29) is 12.5 Å². The molecule has 82 heavy (non-hydrogen) atoms. The SMILES string of the molecule is CC/C=C\C/C=C\C/C=C\C/C=C\C/C=C\C/C=C\C/C=C\C/C=C\CCCCCCCCCCC(=O)NC(COC1OC(CO)C(O)C(O)C1O)C(O)/C=C/CCCCCCCCCCCCCCCCCCCCCCCCCC. The third kappa shape index (κ3) is 49.1. The molecule has 7 unspecified atom stereocenters. The highest BCUT2D eigenvalue weighted by Gasteiger charge is 2.44. The van der Waals surface area contributed by atoms with E-state index in [1.165, 1.54) is 167 Å². The number of nitrogens with one attached hydrogen (secondary N) is 1. The fourth-order valence-electron chi connectivity index (χ4n) is 10.3. The fraction of sp³-hybridized carbons (Fsp3) is 0.740. The van der Waals surface area contributed by atoms with Gasteiger partial charge in [-0.3, -0.25) is 4.79 Å². The molecule has 0 aromatic carbocycles. The minimum atomic E-state index is -1.58. The number of unbranched alkanes of at least 4 members (excludes halogenated alkanes) is 32. The first-order valence-electron chi connectivity index (χ1n) is 34.1. The summed E-state index contributed by atoms with van der Waals surface area (Å²) in [5.41, 5.74) is 0. The highest BCUT2D eigenvalue weighted by molar-refractivity contribution is 5.76. The van der Waals surface area contributed by atoms with Gasteiger partial charge in [-0.05, 0) is 83.5 Å². The molecule has 1 heterocycles. The summed E-state index contributed by atoms with van der Waals surface area (Å²) in [4.78, 5) is 13.1. The van der Waals surface area contributed by atoms with E-state index in [0.29, 0.717) is 6.42 Å². The zero-order valence-electron chi connectivity index (χ0n) is 52.7. The Hall–Kier alpha value is -3.15. The van der Waals surface area contributed by atoms with Gasteiger partial charge >= 0.3 is 0 Å². The van der Waals surface area contributed by atoms with E-state index >= 15 is 0 Å². The Morgan fingerprint density at radius 2 is 0.756 bits per heavy atom. The van der Waals surface area contributed by atoms with E-state index in [1.54, 1.807) is 6.08 Å². The molecule has 1 aliphatic rings. The summed E-state index contributed by atoms with van der Waals surface area (Å²) in [6.45, 7) is 3.68. The van der Waals surface area contributed by atoms with Crippen LogP contribution in [0.5, 0.6) is 0 Å². The molecule has 1 amide bonds. The second kappa shape index (κ2) is 61.0. The van der Waals surface area contributed by atoms with Crippen molar-refractivity contribution in [2.45, 2.75) is 333 Å². The van der Waals surface area contributed by atoms with Gasteiger partial charge in [-0.2, -0.15) is 0 Å². The Morgan fingerprint density at radius 3 is 1.12 bits per heavy atom. The summed E-state index contributed by atoms with van der Waals surface area (Å²) >= 11 is 0. The number of hydrogen-bond donors (Lipinski definition) is 6. The van der Waals surface area contributed by atoms with Crippen LogP contribution in [-0.4, -0.2) is 87.5 Å². The third-order valence-electron chi connectivity index (χ3n) is 15.6. The maximum atomic E-state index is 13.1. The Kier molecular flexibility index (Phi) is 57.1. The quantitative estimate of drug-likeness (QED) is 0.0261.